The summed E-state index contributed by atoms with van der Waals surface area (Å²) in [5.41, 5.74) is -0.467. The summed E-state index contributed by atoms with van der Waals surface area (Å²) in [6.07, 6.45) is 5.67. The number of amides is 1. The Balaban J connectivity index is 2.28. The lowest BCUT2D eigenvalue weighted by molar-refractivity contribution is 0.0927. The molecule has 0 aliphatic heterocycles. The van der Waals surface area contributed by atoms with E-state index in [1.807, 2.05) is 6.92 Å². The van der Waals surface area contributed by atoms with Gasteiger partial charge in [-0.15, -0.1) is 5.10 Å². The smallest absolute Gasteiger partial charge is 0.341 e. The quantitative estimate of drug-likeness (QED) is 0.625. The minimum absolute atomic E-state index is 0.0374. The van der Waals surface area contributed by atoms with Gasteiger partial charge in [-0.2, -0.15) is 0 Å². The van der Waals surface area contributed by atoms with Crippen molar-refractivity contribution >= 4 is 5.91 Å². The molecule has 96 valence electrons. The van der Waals surface area contributed by atoms with Gasteiger partial charge in [0.15, 0.2) is 0 Å². The van der Waals surface area contributed by atoms with E-state index in [2.05, 4.69) is 27.4 Å². The average Bonchev–Trinajstić information content (AvgIpc) is 2.71. The molecule has 1 aromatic heterocycles. The van der Waals surface area contributed by atoms with Crippen LogP contribution in [0.2, 0.25) is 0 Å². The van der Waals surface area contributed by atoms with Gasteiger partial charge in [0.25, 0.3) is 5.91 Å². The molecule has 0 aliphatic rings. The first-order valence-electron chi connectivity index (χ1n) is 6.09. The Hall–Kier alpha value is -1.59. The van der Waals surface area contributed by atoms with E-state index < -0.39 is 5.69 Å². The highest BCUT2D eigenvalue weighted by molar-refractivity contribution is 5.90. The lowest BCUT2D eigenvalue weighted by atomic mass is 10.1. The van der Waals surface area contributed by atoms with Gasteiger partial charge in [0, 0.05) is 6.04 Å². The molecule has 6 nitrogen and oxygen atoms in total. The van der Waals surface area contributed by atoms with Crippen LogP contribution in [0.4, 0.5) is 0 Å². The first-order valence-corrected chi connectivity index (χ1v) is 6.09. The Morgan fingerprint density at radius 3 is 2.76 bits per heavy atom. The summed E-state index contributed by atoms with van der Waals surface area (Å²) < 4.78 is 0. The van der Waals surface area contributed by atoms with Gasteiger partial charge in [-0.3, -0.25) is 9.78 Å². The van der Waals surface area contributed by atoms with Crippen molar-refractivity contribution in [3.8, 4) is 0 Å². The van der Waals surface area contributed by atoms with Gasteiger partial charge in [0.1, 0.15) is 0 Å². The van der Waals surface area contributed by atoms with Crippen molar-refractivity contribution in [2.24, 2.45) is 0 Å². The van der Waals surface area contributed by atoms with Crippen molar-refractivity contribution in [1.82, 2.24) is 20.5 Å². The molecule has 1 atom stereocenters. The van der Waals surface area contributed by atoms with Crippen LogP contribution in [0.5, 0.6) is 0 Å². The molecule has 3 N–H and O–H groups in total. The van der Waals surface area contributed by atoms with Crippen LogP contribution in [0.1, 0.15) is 56.6 Å². The molecule has 1 amide bonds. The number of aromatic nitrogens is 3. The molecule has 0 fully saturated rings. The first kappa shape index (κ1) is 13.5. The van der Waals surface area contributed by atoms with Gasteiger partial charge >= 0.3 is 5.69 Å². The van der Waals surface area contributed by atoms with E-state index in [1.165, 1.54) is 19.3 Å². The summed E-state index contributed by atoms with van der Waals surface area (Å²) in [7, 11) is 0. The predicted molar refractivity (Wildman–Crippen MR) is 64.9 cm³/mol. The summed E-state index contributed by atoms with van der Waals surface area (Å²) >= 11 is 0. The van der Waals surface area contributed by atoms with E-state index in [4.69, 9.17) is 0 Å². The summed E-state index contributed by atoms with van der Waals surface area (Å²) in [6, 6.07) is 0.0968. The second-order valence-electron chi connectivity index (χ2n) is 4.25. The highest BCUT2D eigenvalue weighted by atomic mass is 16.2. The van der Waals surface area contributed by atoms with Gasteiger partial charge < -0.3 is 5.32 Å². The number of rotatable bonds is 7. The molecule has 1 heterocycles. The molecule has 0 aliphatic carbocycles. The van der Waals surface area contributed by atoms with Crippen molar-refractivity contribution in [1.29, 1.82) is 0 Å². The number of unbranched alkanes of at least 4 members (excludes halogenated alkanes) is 3. The molecule has 17 heavy (non-hydrogen) atoms. The number of hydrogen-bond donors (Lipinski definition) is 3. The fourth-order valence-electron chi connectivity index (χ4n) is 1.62. The largest absolute Gasteiger partial charge is 0.347 e. The van der Waals surface area contributed by atoms with Crippen LogP contribution in [0, 0.1) is 0 Å². The zero-order valence-corrected chi connectivity index (χ0v) is 10.4. The maximum Gasteiger partial charge on any atom is 0.341 e. The molecule has 0 radical (unpaired) electrons. The number of nitrogens with zero attached hydrogens (tertiary/aromatic N) is 1. The van der Waals surface area contributed by atoms with Gasteiger partial charge in [-0.1, -0.05) is 32.6 Å². The Bertz CT molecular complexity index is 396. The summed E-state index contributed by atoms with van der Waals surface area (Å²) in [5, 5.41) is 8.53. The van der Waals surface area contributed by atoms with Gasteiger partial charge in [0.05, 0.1) is 0 Å². The normalized spacial score (nSPS) is 12.4. The second kappa shape index (κ2) is 6.88. The summed E-state index contributed by atoms with van der Waals surface area (Å²) in [6.45, 7) is 4.12. The van der Waals surface area contributed by atoms with Crippen molar-refractivity contribution in [3.05, 3.63) is 16.3 Å². The number of carbonyl (C=O) groups excluding carboxylic acids is 1. The monoisotopic (exact) mass is 240 g/mol. The van der Waals surface area contributed by atoms with E-state index in [9.17, 15) is 9.59 Å². The minimum atomic E-state index is -0.467. The maximum atomic E-state index is 11.6. The molecular formula is C11H20N4O2. The third-order valence-electron chi connectivity index (χ3n) is 2.58. The van der Waals surface area contributed by atoms with E-state index in [-0.39, 0.29) is 17.8 Å². The minimum Gasteiger partial charge on any atom is -0.347 e. The highest BCUT2D eigenvalue weighted by Crippen LogP contribution is 2.05. The number of aromatic amines is 2. The van der Waals surface area contributed by atoms with Crippen molar-refractivity contribution in [2.45, 2.75) is 52.0 Å². The zero-order chi connectivity index (χ0) is 12.7. The first-order chi connectivity index (χ1) is 8.13. The number of nitrogens with one attached hydrogen (secondary N) is 3. The fourth-order valence-corrected chi connectivity index (χ4v) is 1.62. The highest BCUT2D eigenvalue weighted by Gasteiger charge is 2.12. The van der Waals surface area contributed by atoms with Gasteiger partial charge in [0.2, 0.25) is 5.82 Å². The number of hydrogen-bond acceptors (Lipinski definition) is 3. The molecule has 1 rings (SSSR count). The number of carbonyl (C=O) groups is 1. The van der Waals surface area contributed by atoms with Crippen LogP contribution in [-0.2, 0) is 0 Å². The Labute approximate surface area is 100 Å². The average molecular weight is 240 g/mol. The molecule has 0 bridgehead atoms. The third kappa shape index (κ3) is 4.84. The van der Waals surface area contributed by atoms with Crippen LogP contribution in [0.15, 0.2) is 4.79 Å². The molecule has 0 unspecified atom stereocenters. The van der Waals surface area contributed by atoms with Crippen LogP contribution in [0.3, 0.4) is 0 Å². The standard InChI is InChI=1S/C11H20N4O2/c1-3-4-5-6-7-8(2)12-10(16)9-13-11(17)15-14-9/h8H,3-7H2,1-2H3,(H,12,16)(H2,13,14,15,17)/t8-/m1/s1. The molecule has 0 aromatic carbocycles. The molecule has 0 saturated heterocycles. The van der Waals surface area contributed by atoms with Crippen molar-refractivity contribution < 1.29 is 4.79 Å². The Morgan fingerprint density at radius 2 is 2.18 bits per heavy atom. The zero-order valence-electron chi connectivity index (χ0n) is 10.4. The molecule has 1 aromatic rings. The Morgan fingerprint density at radius 1 is 1.41 bits per heavy atom. The summed E-state index contributed by atoms with van der Waals surface area (Å²) in [4.78, 5) is 24.7. The Kier molecular flexibility index (Phi) is 5.45. The van der Waals surface area contributed by atoms with E-state index >= 15 is 0 Å². The van der Waals surface area contributed by atoms with Crippen molar-refractivity contribution in [3.63, 3.8) is 0 Å². The van der Waals surface area contributed by atoms with Crippen molar-refractivity contribution in [2.75, 3.05) is 0 Å². The lowest BCUT2D eigenvalue weighted by Gasteiger charge is -2.12. The second-order valence-corrected chi connectivity index (χ2v) is 4.25. The van der Waals surface area contributed by atoms with Crippen LogP contribution in [-0.4, -0.2) is 27.1 Å². The molecule has 0 saturated carbocycles. The topological polar surface area (TPSA) is 90.6 Å². The maximum absolute atomic E-state index is 11.6. The molecule has 6 heteroatoms. The molecule has 0 spiro atoms. The lowest BCUT2D eigenvalue weighted by Crippen LogP contribution is -2.33. The van der Waals surface area contributed by atoms with Gasteiger partial charge in [-0.25, -0.2) is 9.89 Å². The van der Waals surface area contributed by atoms with Crippen LogP contribution < -0.4 is 11.0 Å². The third-order valence-corrected chi connectivity index (χ3v) is 2.58. The fraction of sp³-hybridized carbons (Fsp3) is 0.727. The van der Waals surface area contributed by atoms with Crippen LogP contribution >= 0.6 is 0 Å². The molecular weight excluding hydrogens is 220 g/mol. The van der Waals surface area contributed by atoms with E-state index in [0.29, 0.717) is 0 Å². The SMILES string of the molecule is CCCCCC[C@@H](C)NC(=O)c1n[nH]c(=O)[nH]1. The number of H-pyrrole nitrogens is 2. The summed E-state index contributed by atoms with van der Waals surface area (Å²) in [5.74, 6) is -0.304. The van der Waals surface area contributed by atoms with E-state index in [0.717, 1.165) is 12.8 Å². The van der Waals surface area contributed by atoms with Gasteiger partial charge in [-0.05, 0) is 13.3 Å². The van der Waals surface area contributed by atoms with E-state index in [1.54, 1.807) is 0 Å². The predicted octanol–water partition coefficient (Wildman–Crippen LogP) is 1.19. The van der Waals surface area contributed by atoms with Crippen LogP contribution in [0.25, 0.3) is 0 Å².